The Morgan fingerprint density at radius 2 is 2.09 bits per heavy atom. The van der Waals surface area contributed by atoms with Gasteiger partial charge >= 0.3 is 5.97 Å². The van der Waals surface area contributed by atoms with Crippen molar-refractivity contribution in [2.45, 2.75) is 11.7 Å². The highest BCUT2D eigenvalue weighted by Gasteiger charge is 2.62. The van der Waals surface area contributed by atoms with E-state index in [9.17, 15) is 19.5 Å². The first-order valence-corrected chi connectivity index (χ1v) is 7.30. The van der Waals surface area contributed by atoms with Crippen molar-refractivity contribution in [2.75, 3.05) is 11.9 Å². The number of para-hydroxylation sites is 1. The Kier molecular flexibility index (Phi) is 2.83. The minimum Gasteiger partial charge on any atom is -0.481 e. The number of fused-ring (bicyclic) bond motifs is 2. The first-order chi connectivity index (χ1) is 11.0. The lowest BCUT2D eigenvalue weighted by Gasteiger charge is -2.30. The molecule has 2 bridgehead atoms. The number of aliphatic carboxylic acids is 1. The van der Waals surface area contributed by atoms with Crippen LogP contribution in [0.1, 0.15) is 10.4 Å². The van der Waals surface area contributed by atoms with Gasteiger partial charge in [0, 0.05) is 0 Å². The Labute approximate surface area is 131 Å². The number of amides is 2. The minimum absolute atomic E-state index is 0.0506. The van der Waals surface area contributed by atoms with Crippen LogP contribution in [0.25, 0.3) is 0 Å². The summed E-state index contributed by atoms with van der Waals surface area (Å²) < 4.78 is 5.78. The van der Waals surface area contributed by atoms with Gasteiger partial charge in [-0.15, -0.1) is 0 Å². The van der Waals surface area contributed by atoms with E-state index in [-0.39, 0.29) is 12.5 Å². The van der Waals surface area contributed by atoms with Crippen molar-refractivity contribution >= 4 is 23.5 Å². The molecule has 7 heteroatoms. The summed E-state index contributed by atoms with van der Waals surface area (Å²) in [6.07, 6.45) is 2.69. The molecule has 23 heavy (non-hydrogen) atoms. The molecule has 4 atom stereocenters. The molecule has 3 aliphatic rings. The molecule has 3 aliphatic heterocycles. The SMILES string of the molecule is O=C1NC[C@@]23C=C[C@@H](O2)[C@@H](C(=O)O)[C@H]3C(=O)Nc2ccccc21. The van der Waals surface area contributed by atoms with Crippen molar-refractivity contribution < 1.29 is 24.2 Å². The average Bonchev–Trinajstić information content (AvgIpc) is 3.09. The van der Waals surface area contributed by atoms with E-state index in [1.165, 1.54) is 0 Å². The van der Waals surface area contributed by atoms with Crippen LogP contribution in [0, 0.1) is 11.8 Å². The number of carboxylic acid groups (broad SMARTS) is 1. The number of ether oxygens (including phenoxy) is 1. The number of benzene rings is 1. The van der Waals surface area contributed by atoms with Crippen molar-refractivity contribution in [3.05, 3.63) is 42.0 Å². The maximum atomic E-state index is 12.7. The Hall–Kier alpha value is -2.67. The Morgan fingerprint density at radius 3 is 2.87 bits per heavy atom. The summed E-state index contributed by atoms with van der Waals surface area (Å²) in [5.74, 6) is -3.74. The third kappa shape index (κ3) is 1.90. The van der Waals surface area contributed by atoms with Gasteiger partial charge in [-0.2, -0.15) is 0 Å². The fraction of sp³-hybridized carbons (Fsp3) is 0.312. The summed E-state index contributed by atoms with van der Waals surface area (Å²) in [7, 11) is 0. The van der Waals surface area contributed by atoms with E-state index in [2.05, 4.69) is 10.6 Å². The van der Waals surface area contributed by atoms with Crippen molar-refractivity contribution in [1.29, 1.82) is 0 Å². The molecule has 118 valence electrons. The van der Waals surface area contributed by atoms with Gasteiger partial charge in [-0.3, -0.25) is 14.4 Å². The topological polar surface area (TPSA) is 105 Å². The second-order valence-corrected chi connectivity index (χ2v) is 5.96. The predicted octanol–water partition coefficient (Wildman–Crippen LogP) is 0.393. The summed E-state index contributed by atoms with van der Waals surface area (Å²) in [5.41, 5.74) is -0.416. The normalized spacial score (nSPS) is 34.5. The molecule has 3 N–H and O–H groups in total. The Morgan fingerprint density at radius 1 is 1.30 bits per heavy atom. The van der Waals surface area contributed by atoms with Gasteiger partial charge in [0.25, 0.3) is 5.91 Å². The van der Waals surface area contributed by atoms with Gasteiger partial charge in [0.05, 0.1) is 29.8 Å². The second-order valence-electron chi connectivity index (χ2n) is 5.96. The van der Waals surface area contributed by atoms with E-state index >= 15 is 0 Å². The third-order valence-corrected chi connectivity index (χ3v) is 4.69. The van der Waals surface area contributed by atoms with Crippen molar-refractivity contribution in [3.8, 4) is 0 Å². The molecule has 1 fully saturated rings. The standard InChI is InChI=1S/C16H14N2O5/c19-13-8-3-1-2-4-9(8)18-14(20)12-11(15(21)22)10-5-6-16(12,23-10)7-17-13/h1-6,10-12H,7H2,(H,17,19)(H,18,20)(H,21,22)/t10-,11-,12+,16-/m1/s1. The van der Waals surface area contributed by atoms with Crippen molar-refractivity contribution in [1.82, 2.24) is 5.32 Å². The molecule has 4 rings (SSSR count). The highest BCUT2D eigenvalue weighted by molar-refractivity contribution is 6.06. The molecule has 0 aliphatic carbocycles. The number of rotatable bonds is 1. The van der Waals surface area contributed by atoms with Crippen LogP contribution in [0.15, 0.2) is 36.4 Å². The van der Waals surface area contributed by atoms with Gasteiger partial charge in [0.2, 0.25) is 5.91 Å². The highest BCUT2D eigenvalue weighted by Crippen LogP contribution is 2.47. The largest absolute Gasteiger partial charge is 0.481 e. The van der Waals surface area contributed by atoms with Gasteiger partial charge in [0.1, 0.15) is 11.5 Å². The lowest BCUT2D eigenvalue weighted by atomic mass is 9.74. The van der Waals surface area contributed by atoms with Gasteiger partial charge < -0.3 is 20.5 Å². The van der Waals surface area contributed by atoms with E-state index in [0.717, 1.165) is 0 Å². The molecule has 0 radical (unpaired) electrons. The van der Waals surface area contributed by atoms with E-state index < -0.39 is 35.4 Å². The first-order valence-electron chi connectivity index (χ1n) is 7.30. The third-order valence-electron chi connectivity index (χ3n) is 4.69. The van der Waals surface area contributed by atoms with Crippen molar-refractivity contribution in [3.63, 3.8) is 0 Å². The molecule has 1 saturated heterocycles. The Bertz CT molecular complexity index is 759. The number of nitrogens with one attached hydrogen (secondary N) is 2. The van der Waals surface area contributed by atoms with Gasteiger partial charge in [-0.05, 0) is 12.1 Å². The van der Waals surface area contributed by atoms with Crippen LogP contribution in [0.3, 0.4) is 0 Å². The maximum absolute atomic E-state index is 12.7. The molecule has 2 amide bonds. The van der Waals surface area contributed by atoms with E-state index in [1.54, 1.807) is 36.4 Å². The van der Waals surface area contributed by atoms with Crippen LogP contribution >= 0.6 is 0 Å². The zero-order valence-corrected chi connectivity index (χ0v) is 12.0. The molecule has 0 saturated carbocycles. The summed E-state index contributed by atoms with van der Waals surface area (Å²) >= 11 is 0. The van der Waals surface area contributed by atoms with Crippen LogP contribution in [-0.4, -0.2) is 41.1 Å². The highest BCUT2D eigenvalue weighted by atomic mass is 16.5. The lowest BCUT2D eigenvalue weighted by Crippen LogP contribution is -2.50. The minimum atomic E-state index is -1.12. The molecule has 1 aromatic carbocycles. The van der Waals surface area contributed by atoms with Crippen LogP contribution in [0.5, 0.6) is 0 Å². The van der Waals surface area contributed by atoms with Crippen LogP contribution < -0.4 is 10.6 Å². The van der Waals surface area contributed by atoms with E-state index in [4.69, 9.17) is 4.74 Å². The molecule has 1 spiro atoms. The van der Waals surface area contributed by atoms with Gasteiger partial charge in [-0.1, -0.05) is 24.3 Å². The first kappa shape index (κ1) is 14.0. The average molecular weight is 314 g/mol. The van der Waals surface area contributed by atoms with Gasteiger partial charge in [0.15, 0.2) is 0 Å². The summed E-state index contributed by atoms with van der Waals surface area (Å²) in [6.45, 7) is 0.0506. The number of anilines is 1. The predicted molar refractivity (Wildman–Crippen MR) is 78.8 cm³/mol. The molecule has 0 aromatic heterocycles. The molecule has 3 heterocycles. The molecule has 1 aromatic rings. The molecule has 0 unspecified atom stereocenters. The van der Waals surface area contributed by atoms with E-state index in [1.807, 2.05) is 0 Å². The molecule has 7 nitrogen and oxygen atoms in total. The monoisotopic (exact) mass is 314 g/mol. The quantitative estimate of drug-likeness (QED) is 0.651. The Balaban J connectivity index is 1.81. The lowest BCUT2D eigenvalue weighted by molar-refractivity contribution is -0.146. The van der Waals surface area contributed by atoms with Gasteiger partial charge in [-0.25, -0.2) is 0 Å². The van der Waals surface area contributed by atoms with Crippen LogP contribution in [-0.2, 0) is 14.3 Å². The fourth-order valence-electron chi connectivity index (χ4n) is 3.65. The van der Waals surface area contributed by atoms with E-state index in [0.29, 0.717) is 11.3 Å². The second kappa shape index (κ2) is 4.66. The summed E-state index contributed by atoms with van der Waals surface area (Å²) in [4.78, 5) is 36.7. The fourth-order valence-corrected chi connectivity index (χ4v) is 3.65. The number of carbonyl (C=O) groups is 3. The summed E-state index contributed by atoms with van der Waals surface area (Å²) in [5, 5.41) is 14.9. The maximum Gasteiger partial charge on any atom is 0.310 e. The van der Waals surface area contributed by atoms with Crippen molar-refractivity contribution in [2.24, 2.45) is 11.8 Å². The number of carbonyl (C=O) groups excluding carboxylic acids is 2. The number of carboxylic acids is 1. The zero-order valence-electron chi connectivity index (χ0n) is 12.0. The number of hydrogen-bond acceptors (Lipinski definition) is 4. The summed E-state index contributed by atoms with van der Waals surface area (Å²) in [6, 6.07) is 6.62. The molecular weight excluding hydrogens is 300 g/mol. The van der Waals surface area contributed by atoms with Crippen LogP contribution in [0.2, 0.25) is 0 Å². The zero-order chi connectivity index (χ0) is 16.2. The smallest absolute Gasteiger partial charge is 0.310 e. The number of hydrogen-bond donors (Lipinski definition) is 3. The molecular formula is C16H14N2O5. The van der Waals surface area contributed by atoms with Crippen LogP contribution in [0.4, 0.5) is 5.69 Å².